The third-order valence-corrected chi connectivity index (χ3v) is 4.14. The van der Waals surface area contributed by atoms with E-state index in [9.17, 15) is 18.0 Å². The molecule has 2 aromatic rings. The van der Waals surface area contributed by atoms with E-state index in [0.29, 0.717) is 23.7 Å². The van der Waals surface area contributed by atoms with Crippen LogP contribution in [0.4, 0.5) is 13.2 Å². The number of benzene rings is 1. The minimum atomic E-state index is -4.58. The number of ether oxygens (including phenoxy) is 1. The number of pyridine rings is 1. The minimum Gasteiger partial charge on any atom is -0.492 e. The minimum absolute atomic E-state index is 0.00121. The van der Waals surface area contributed by atoms with Crippen LogP contribution in [-0.2, 0) is 6.18 Å². The van der Waals surface area contributed by atoms with Crippen molar-refractivity contribution in [2.24, 2.45) is 16.6 Å². The first-order valence-corrected chi connectivity index (χ1v) is 9.50. The van der Waals surface area contributed by atoms with Crippen molar-refractivity contribution < 1.29 is 22.7 Å². The second-order valence-corrected chi connectivity index (χ2v) is 7.20. The van der Waals surface area contributed by atoms with E-state index in [1.165, 1.54) is 24.4 Å². The molecule has 0 spiro atoms. The molecule has 0 aliphatic rings. The maximum absolute atomic E-state index is 12.9. The molecule has 1 amide bonds. The lowest BCUT2D eigenvalue weighted by molar-refractivity contribution is -0.137. The Bertz CT molecular complexity index is 917. The van der Waals surface area contributed by atoms with E-state index < -0.39 is 22.7 Å². The van der Waals surface area contributed by atoms with Crippen molar-refractivity contribution in [1.82, 2.24) is 10.3 Å². The first-order valence-electron chi connectivity index (χ1n) is 9.12. The first kappa shape index (κ1) is 23.5. The van der Waals surface area contributed by atoms with E-state index in [1.807, 2.05) is 13.8 Å². The Hall–Kier alpha value is -2.81. The molecule has 0 unspecified atom stereocenters. The topological polar surface area (TPSA) is 89.6 Å². The van der Waals surface area contributed by atoms with Gasteiger partial charge in [-0.3, -0.25) is 14.8 Å². The second kappa shape index (κ2) is 10.3. The normalized spacial score (nSPS) is 12.2. The van der Waals surface area contributed by atoms with E-state index in [1.54, 1.807) is 0 Å². The number of aromatic nitrogens is 1. The molecular formula is C20H22ClF3N4O2. The summed E-state index contributed by atoms with van der Waals surface area (Å²) in [4.78, 5) is 20.6. The summed E-state index contributed by atoms with van der Waals surface area (Å²) in [5.41, 5.74) is 5.63. The standard InChI is InChI=1S/C20H22ClF3N4O2/c1-12(2)11-28-18(25)17-9-13(5-6-26-17)19(29)27-7-8-30-14-3-4-16(21)15(10-14)20(22,23)24/h3-6,9-10,12H,7-8,11H2,1-2H3,(H2,25,28)(H,27,29). The largest absolute Gasteiger partial charge is 0.492 e. The number of hydrogen-bond donors (Lipinski definition) is 2. The van der Waals surface area contributed by atoms with Gasteiger partial charge in [-0.1, -0.05) is 25.4 Å². The van der Waals surface area contributed by atoms with Crippen molar-refractivity contribution in [3.8, 4) is 5.75 Å². The van der Waals surface area contributed by atoms with Crippen LogP contribution >= 0.6 is 11.6 Å². The van der Waals surface area contributed by atoms with Gasteiger partial charge < -0.3 is 15.8 Å². The number of amidine groups is 1. The van der Waals surface area contributed by atoms with Crippen LogP contribution in [0.5, 0.6) is 5.75 Å². The van der Waals surface area contributed by atoms with Gasteiger partial charge in [-0.15, -0.1) is 0 Å². The highest BCUT2D eigenvalue weighted by Gasteiger charge is 2.33. The van der Waals surface area contributed by atoms with Gasteiger partial charge in [-0.05, 0) is 36.2 Å². The fourth-order valence-electron chi connectivity index (χ4n) is 2.32. The number of nitrogens with one attached hydrogen (secondary N) is 1. The summed E-state index contributed by atoms with van der Waals surface area (Å²) in [6.07, 6.45) is -3.13. The quantitative estimate of drug-likeness (QED) is 0.368. The Morgan fingerprint density at radius 2 is 2.03 bits per heavy atom. The number of carbonyl (C=O) groups is 1. The number of carbonyl (C=O) groups excluding carboxylic acids is 1. The third kappa shape index (κ3) is 6.91. The molecule has 0 aliphatic heterocycles. The molecule has 0 aliphatic carbocycles. The monoisotopic (exact) mass is 442 g/mol. The molecule has 1 heterocycles. The smallest absolute Gasteiger partial charge is 0.417 e. The predicted octanol–water partition coefficient (Wildman–Crippen LogP) is 3.92. The lowest BCUT2D eigenvalue weighted by Crippen LogP contribution is -2.28. The average molecular weight is 443 g/mol. The van der Waals surface area contributed by atoms with Gasteiger partial charge in [0.1, 0.15) is 23.9 Å². The Morgan fingerprint density at radius 3 is 2.70 bits per heavy atom. The van der Waals surface area contributed by atoms with Crippen LogP contribution in [0, 0.1) is 5.92 Å². The molecule has 6 nitrogen and oxygen atoms in total. The molecule has 30 heavy (non-hydrogen) atoms. The number of aliphatic imine (C=N–C) groups is 1. The first-order chi connectivity index (χ1) is 14.1. The summed E-state index contributed by atoms with van der Waals surface area (Å²) in [6.45, 7) is 4.61. The van der Waals surface area contributed by atoms with Gasteiger partial charge in [0.15, 0.2) is 0 Å². The van der Waals surface area contributed by atoms with Gasteiger partial charge in [0.2, 0.25) is 0 Å². The van der Waals surface area contributed by atoms with Gasteiger partial charge in [0.25, 0.3) is 5.91 Å². The van der Waals surface area contributed by atoms with Crippen LogP contribution in [-0.4, -0.2) is 36.4 Å². The van der Waals surface area contributed by atoms with Crippen molar-refractivity contribution in [3.05, 3.63) is 58.4 Å². The average Bonchev–Trinajstić information content (AvgIpc) is 2.69. The van der Waals surface area contributed by atoms with Crippen LogP contribution in [0.25, 0.3) is 0 Å². The highest BCUT2D eigenvalue weighted by molar-refractivity contribution is 6.31. The summed E-state index contributed by atoms with van der Waals surface area (Å²) in [6, 6.07) is 6.29. The summed E-state index contributed by atoms with van der Waals surface area (Å²) in [5.74, 6) is 0.181. The van der Waals surface area contributed by atoms with E-state index in [0.717, 1.165) is 12.1 Å². The molecule has 162 valence electrons. The Labute approximate surface area is 177 Å². The molecule has 3 N–H and O–H groups in total. The Balaban J connectivity index is 1.91. The molecule has 1 aromatic carbocycles. The molecule has 0 saturated carbocycles. The molecular weight excluding hydrogens is 421 g/mol. The number of rotatable bonds is 8. The fourth-order valence-corrected chi connectivity index (χ4v) is 2.55. The molecule has 0 atom stereocenters. The predicted molar refractivity (Wildman–Crippen MR) is 109 cm³/mol. The summed E-state index contributed by atoms with van der Waals surface area (Å²) in [7, 11) is 0. The lowest BCUT2D eigenvalue weighted by Gasteiger charge is -2.12. The summed E-state index contributed by atoms with van der Waals surface area (Å²) >= 11 is 5.57. The molecule has 2 rings (SSSR count). The molecule has 10 heteroatoms. The van der Waals surface area contributed by atoms with Gasteiger partial charge in [-0.2, -0.15) is 13.2 Å². The van der Waals surface area contributed by atoms with Crippen LogP contribution in [0.2, 0.25) is 5.02 Å². The van der Waals surface area contributed by atoms with E-state index >= 15 is 0 Å². The van der Waals surface area contributed by atoms with Crippen molar-refractivity contribution in [1.29, 1.82) is 0 Å². The van der Waals surface area contributed by atoms with Crippen molar-refractivity contribution in [2.75, 3.05) is 19.7 Å². The molecule has 0 fully saturated rings. The van der Waals surface area contributed by atoms with E-state index in [-0.39, 0.29) is 24.7 Å². The van der Waals surface area contributed by atoms with Crippen molar-refractivity contribution in [3.63, 3.8) is 0 Å². The number of halogens is 4. The maximum Gasteiger partial charge on any atom is 0.417 e. The number of nitrogens with two attached hydrogens (primary N) is 1. The Kier molecular flexibility index (Phi) is 8.05. The van der Waals surface area contributed by atoms with Gasteiger partial charge in [0, 0.05) is 18.3 Å². The SMILES string of the molecule is CC(C)CN=C(N)c1cc(C(=O)NCCOc2ccc(Cl)c(C(F)(F)F)c2)ccn1. The molecule has 1 aromatic heterocycles. The second-order valence-electron chi connectivity index (χ2n) is 6.79. The molecule has 0 saturated heterocycles. The Morgan fingerprint density at radius 1 is 1.30 bits per heavy atom. The van der Waals surface area contributed by atoms with Crippen molar-refractivity contribution >= 4 is 23.3 Å². The fraction of sp³-hybridized carbons (Fsp3) is 0.350. The highest BCUT2D eigenvalue weighted by atomic mass is 35.5. The summed E-state index contributed by atoms with van der Waals surface area (Å²) < 4.78 is 43.9. The van der Waals surface area contributed by atoms with E-state index in [2.05, 4.69) is 15.3 Å². The zero-order valence-corrected chi connectivity index (χ0v) is 17.2. The highest BCUT2D eigenvalue weighted by Crippen LogP contribution is 2.36. The van der Waals surface area contributed by atoms with Crippen LogP contribution < -0.4 is 15.8 Å². The van der Waals surface area contributed by atoms with Gasteiger partial charge in [0.05, 0.1) is 17.1 Å². The van der Waals surface area contributed by atoms with Gasteiger partial charge >= 0.3 is 6.18 Å². The number of hydrogen-bond acceptors (Lipinski definition) is 4. The number of amides is 1. The van der Waals surface area contributed by atoms with E-state index in [4.69, 9.17) is 22.1 Å². The van der Waals surface area contributed by atoms with Crippen molar-refractivity contribution in [2.45, 2.75) is 20.0 Å². The summed E-state index contributed by atoms with van der Waals surface area (Å²) in [5, 5.41) is 2.21. The van der Waals surface area contributed by atoms with Crippen LogP contribution in [0.3, 0.4) is 0 Å². The molecule has 0 radical (unpaired) electrons. The van der Waals surface area contributed by atoms with Crippen LogP contribution in [0.15, 0.2) is 41.5 Å². The van der Waals surface area contributed by atoms with Crippen LogP contribution in [0.1, 0.15) is 35.5 Å². The zero-order valence-electron chi connectivity index (χ0n) is 16.5. The number of nitrogens with zero attached hydrogens (tertiary/aromatic N) is 2. The number of alkyl halides is 3. The lowest BCUT2D eigenvalue weighted by atomic mass is 10.2. The maximum atomic E-state index is 12.9. The third-order valence-electron chi connectivity index (χ3n) is 3.81. The zero-order chi connectivity index (χ0) is 22.3. The van der Waals surface area contributed by atoms with Gasteiger partial charge in [-0.25, -0.2) is 0 Å². The molecule has 0 bridgehead atoms.